The van der Waals surface area contributed by atoms with Crippen LogP contribution in [0.2, 0.25) is 0 Å². The molecule has 4 rings (SSSR count). The maximum absolute atomic E-state index is 13.0. The van der Waals surface area contributed by atoms with Crippen molar-refractivity contribution in [3.63, 3.8) is 0 Å². The van der Waals surface area contributed by atoms with Crippen molar-refractivity contribution in [1.82, 2.24) is 19.6 Å². The fourth-order valence-electron chi connectivity index (χ4n) is 4.82. The number of piperidine rings is 1. The normalized spacial score (nSPS) is 22.8. The van der Waals surface area contributed by atoms with Crippen molar-refractivity contribution >= 4 is 17.7 Å². The number of aryl methyl sites for hydroxylation is 1. The number of hydrogen-bond acceptors (Lipinski definition) is 4. The van der Waals surface area contributed by atoms with Crippen LogP contribution in [-0.4, -0.2) is 89.7 Å². The van der Waals surface area contributed by atoms with Crippen LogP contribution >= 0.6 is 0 Å². The van der Waals surface area contributed by atoms with Crippen LogP contribution in [-0.2, 0) is 20.9 Å². The van der Waals surface area contributed by atoms with E-state index in [1.54, 1.807) is 4.90 Å². The molecule has 1 unspecified atom stereocenters. The Kier molecular flexibility index (Phi) is 6.90. The minimum Gasteiger partial charge on any atom is -0.342 e. The van der Waals surface area contributed by atoms with E-state index in [1.165, 1.54) is 12.0 Å². The van der Waals surface area contributed by atoms with Crippen LogP contribution in [0.25, 0.3) is 0 Å². The summed E-state index contributed by atoms with van der Waals surface area (Å²) in [7, 11) is 0. The summed E-state index contributed by atoms with van der Waals surface area (Å²) in [6, 6.07) is 8.19. The molecule has 3 amide bonds. The van der Waals surface area contributed by atoms with Crippen molar-refractivity contribution in [2.75, 3.05) is 52.4 Å². The highest BCUT2D eigenvalue weighted by atomic mass is 16.2. The molecule has 0 bridgehead atoms. The maximum Gasteiger partial charge on any atom is 0.236 e. The maximum atomic E-state index is 13.0. The molecule has 3 aliphatic rings. The Labute approximate surface area is 185 Å². The number of carbonyl (C=O) groups excluding carboxylic acids is 3. The summed E-state index contributed by atoms with van der Waals surface area (Å²) in [4.78, 5) is 45.8. The number of piperazine rings is 1. The van der Waals surface area contributed by atoms with Gasteiger partial charge in [-0.05, 0) is 31.7 Å². The Morgan fingerprint density at radius 1 is 0.903 bits per heavy atom. The standard InChI is InChI=1S/C24H34N4O3/c1-19-5-7-20(8-6-19)16-28-17-21(15-22(28)29)24(31)27-13-11-25(12-14-27)18-23(30)26-9-3-2-4-10-26/h5-8,21H,2-4,9-18H2,1H3. The van der Waals surface area contributed by atoms with Gasteiger partial charge in [0.15, 0.2) is 0 Å². The summed E-state index contributed by atoms with van der Waals surface area (Å²) in [5, 5.41) is 0. The van der Waals surface area contributed by atoms with Gasteiger partial charge < -0.3 is 14.7 Å². The lowest BCUT2D eigenvalue weighted by atomic mass is 10.1. The van der Waals surface area contributed by atoms with Crippen molar-refractivity contribution in [3.05, 3.63) is 35.4 Å². The predicted molar refractivity (Wildman–Crippen MR) is 118 cm³/mol. The van der Waals surface area contributed by atoms with Crippen molar-refractivity contribution in [3.8, 4) is 0 Å². The Hall–Kier alpha value is -2.41. The zero-order valence-corrected chi connectivity index (χ0v) is 18.6. The molecule has 3 fully saturated rings. The van der Waals surface area contributed by atoms with Crippen LogP contribution in [0.3, 0.4) is 0 Å². The van der Waals surface area contributed by atoms with Crippen molar-refractivity contribution in [2.45, 2.75) is 39.2 Å². The molecule has 1 atom stereocenters. The minimum atomic E-state index is -0.250. The van der Waals surface area contributed by atoms with Gasteiger partial charge in [0.2, 0.25) is 17.7 Å². The molecule has 0 N–H and O–H groups in total. The molecule has 7 heteroatoms. The fourth-order valence-corrected chi connectivity index (χ4v) is 4.82. The second kappa shape index (κ2) is 9.81. The monoisotopic (exact) mass is 426 g/mol. The highest BCUT2D eigenvalue weighted by Gasteiger charge is 2.37. The average Bonchev–Trinajstić information content (AvgIpc) is 3.16. The van der Waals surface area contributed by atoms with Crippen molar-refractivity contribution in [1.29, 1.82) is 0 Å². The highest BCUT2D eigenvalue weighted by Crippen LogP contribution is 2.23. The minimum absolute atomic E-state index is 0.0599. The van der Waals surface area contributed by atoms with E-state index < -0.39 is 0 Å². The molecule has 0 aliphatic carbocycles. The van der Waals surface area contributed by atoms with Crippen LogP contribution in [0, 0.1) is 12.8 Å². The van der Waals surface area contributed by atoms with Crippen LogP contribution < -0.4 is 0 Å². The Bertz CT molecular complexity index is 796. The fraction of sp³-hybridized carbons (Fsp3) is 0.625. The lowest BCUT2D eigenvalue weighted by molar-refractivity contribution is -0.138. The SMILES string of the molecule is Cc1ccc(CN2CC(C(=O)N3CCN(CC(=O)N4CCCCC4)CC3)CC2=O)cc1. The molecule has 7 nitrogen and oxygen atoms in total. The van der Waals surface area contributed by atoms with Gasteiger partial charge >= 0.3 is 0 Å². The summed E-state index contributed by atoms with van der Waals surface area (Å²) in [5.41, 5.74) is 2.29. The summed E-state index contributed by atoms with van der Waals surface area (Å²) in [6.45, 7) is 8.03. The van der Waals surface area contributed by atoms with Crippen LogP contribution in [0.4, 0.5) is 0 Å². The number of hydrogen-bond donors (Lipinski definition) is 0. The molecule has 0 radical (unpaired) electrons. The molecule has 0 aromatic heterocycles. The highest BCUT2D eigenvalue weighted by molar-refractivity contribution is 5.89. The van der Waals surface area contributed by atoms with E-state index in [2.05, 4.69) is 4.90 Å². The zero-order valence-electron chi connectivity index (χ0n) is 18.6. The van der Waals surface area contributed by atoms with Crippen LogP contribution in [0.1, 0.15) is 36.8 Å². The number of likely N-dealkylation sites (tertiary alicyclic amines) is 2. The number of benzene rings is 1. The second-order valence-corrected chi connectivity index (χ2v) is 9.20. The molecular formula is C24H34N4O3. The topological polar surface area (TPSA) is 64.2 Å². The van der Waals surface area contributed by atoms with Crippen molar-refractivity contribution in [2.24, 2.45) is 5.92 Å². The molecule has 168 valence electrons. The third kappa shape index (κ3) is 5.45. The van der Waals surface area contributed by atoms with E-state index in [0.29, 0.717) is 39.1 Å². The van der Waals surface area contributed by atoms with Crippen molar-refractivity contribution < 1.29 is 14.4 Å². The number of carbonyl (C=O) groups is 3. The molecule has 3 aliphatic heterocycles. The van der Waals surface area contributed by atoms with Gasteiger partial charge in [0.1, 0.15) is 0 Å². The number of amides is 3. The molecule has 31 heavy (non-hydrogen) atoms. The summed E-state index contributed by atoms with van der Waals surface area (Å²) >= 11 is 0. The summed E-state index contributed by atoms with van der Waals surface area (Å²) < 4.78 is 0. The Morgan fingerprint density at radius 2 is 1.58 bits per heavy atom. The van der Waals surface area contributed by atoms with Gasteiger partial charge in [-0.2, -0.15) is 0 Å². The largest absolute Gasteiger partial charge is 0.342 e. The predicted octanol–water partition coefficient (Wildman–Crippen LogP) is 1.50. The van der Waals surface area contributed by atoms with E-state index in [9.17, 15) is 14.4 Å². The van der Waals surface area contributed by atoms with Gasteiger partial charge in [-0.15, -0.1) is 0 Å². The second-order valence-electron chi connectivity index (χ2n) is 9.20. The van der Waals surface area contributed by atoms with E-state index in [-0.39, 0.29) is 23.6 Å². The molecule has 1 aromatic rings. The Balaban J connectivity index is 1.23. The first-order chi connectivity index (χ1) is 15.0. The van der Waals surface area contributed by atoms with E-state index >= 15 is 0 Å². The van der Waals surface area contributed by atoms with E-state index in [1.807, 2.05) is 41.0 Å². The number of nitrogens with zero attached hydrogens (tertiary/aromatic N) is 4. The molecular weight excluding hydrogens is 392 g/mol. The first kappa shape index (κ1) is 21.8. The molecule has 0 saturated carbocycles. The third-order valence-corrected chi connectivity index (χ3v) is 6.81. The molecule has 3 saturated heterocycles. The molecule has 1 aromatic carbocycles. The van der Waals surface area contributed by atoms with Gasteiger partial charge in [-0.3, -0.25) is 19.3 Å². The van der Waals surface area contributed by atoms with E-state index in [4.69, 9.17) is 0 Å². The third-order valence-electron chi connectivity index (χ3n) is 6.81. The average molecular weight is 427 g/mol. The van der Waals surface area contributed by atoms with Crippen LogP contribution in [0.15, 0.2) is 24.3 Å². The Morgan fingerprint density at radius 3 is 2.26 bits per heavy atom. The first-order valence-electron chi connectivity index (χ1n) is 11.6. The smallest absolute Gasteiger partial charge is 0.236 e. The lowest BCUT2D eigenvalue weighted by Gasteiger charge is -2.37. The van der Waals surface area contributed by atoms with Gasteiger partial charge in [0.25, 0.3) is 0 Å². The zero-order chi connectivity index (χ0) is 21.8. The van der Waals surface area contributed by atoms with E-state index in [0.717, 1.165) is 44.6 Å². The van der Waals surface area contributed by atoms with Gasteiger partial charge in [-0.1, -0.05) is 29.8 Å². The summed E-state index contributed by atoms with van der Waals surface area (Å²) in [5.74, 6) is 0.110. The summed E-state index contributed by atoms with van der Waals surface area (Å²) in [6.07, 6.45) is 3.74. The van der Waals surface area contributed by atoms with Crippen LogP contribution in [0.5, 0.6) is 0 Å². The lowest BCUT2D eigenvalue weighted by Crippen LogP contribution is -2.53. The molecule has 0 spiro atoms. The van der Waals surface area contributed by atoms with Gasteiger partial charge in [0.05, 0.1) is 12.5 Å². The van der Waals surface area contributed by atoms with Gasteiger partial charge in [-0.25, -0.2) is 0 Å². The van der Waals surface area contributed by atoms with Gasteiger partial charge in [0, 0.05) is 58.8 Å². The quantitative estimate of drug-likeness (QED) is 0.716. The molecule has 3 heterocycles. The first-order valence-corrected chi connectivity index (χ1v) is 11.6. The number of rotatable bonds is 5.